The van der Waals surface area contributed by atoms with Crippen molar-refractivity contribution in [3.05, 3.63) is 35.9 Å². The van der Waals surface area contributed by atoms with Crippen molar-refractivity contribution < 1.29 is 9.53 Å². The molecule has 0 unspecified atom stereocenters. The molecular formula is C16H23NO2. The molecular weight excluding hydrogens is 238 g/mol. The highest BCUT2D eigenvalue weighted by atomic mass is 16.5. The van der Waals surface area contributed by atoms with E-state index in [1.54, 1.807) is 0 Å². The minimum absolute atomic E-state index is 0.0715. The Hall–Kier alpha value is -1.35. The van der Waals surface area contributed by atoms with E-state index in [1.165, 1.54) is 18.4 Å². The van der Waals surface area contributed by atoms with Crippen LogP contribution in [-0.2, 0) is 16.0 Å². The summed E-state index contributed by atoms with van der Waals surface area (Å²) in [5.74, 6) is 0.654. The van der Waals surface area contributed by atoms with Gasteiger partial charge in [-0.15, -0.1) is 0 Å². The van der Waals surface area contributed by atoms with E-state index >= 15 is 0 Å². The lowest BCUT2D eigenvalue weighted by molar-refractivity contribution is -0.144. The molecule has 1 heterocycles. The van der Waals surface area contributed by atoms with Crippen molar-refractivity contribution in [1.29, 1.82) is 0 Å². The van der Waals surface area contributed by atoms with Gasteiger partial charge < -0.3 is 10.1 Å². The van der Waals surface area contributed by atoms with Crippen LogP contribution in [-0.4, -0.2) is 25.7 Å². The summed E-state index contributed by atoms with van der Waals surface area (Å²) in [4.78, 5) is 11.6. The second kappa shape index (κ2) is 7.95. The number of esters is 1. The number of aryl methyl sites for hydroxylation is 1. The van der Waals surface area contributed by atoms with E-state index in [9.17, 15) is 4.79 Å². The predicted octanol–water partition coefficient (Wildman–Crippen LogP) is 2.55. The first-order chi connectivity index (χ1) is 9.34. The molecule has 0 aromatic heterocycles. The molecule has 0 radical (unpaired) electrons. The van der Waals surface area contributed by atoms with E-state index in [2.05, 4.69) is 5.32 Å². The van der Waals surface area contributed by atoms with Crippen LogP contribution >= 0.6 is 0 Å². The van der Waals surface area contributed by atoms with E-state index in [0.717, 1.165) is 31.8 Å². The Morgan fingerprint density at radius 1 is 1.21 bits per heavy atom. The van der Waals surface area contributed by atoms with Gasteiger partial charge in [-0.05, 0) is 50.3 Å². The zero-order valence-electron chi connectivity index (χ0n) is 11.4. The predicted molar refractivity (Wildman–Crippen MR) is 75.9 cm³/mol. The highest BCUT2D eigenvalue weighted by Crippen LogP contribution is 2.15. The van der Waals surface area contributed by atoms with Gasteiger partial charge >= 0.3 is 5.97 Å². The maximum Gasteiger partial charge on any atom is 0.306 e. The number of ether oxygens (including phenoxy) is 1. The molecule has 0 atom stereocenters. The maximum absolute atomic E-state index is 11.6. The van der Waals surface area contributed by atoms with Crippen LogP contribution in [0.5, 0.6) is 0 Å². The van der Waals surface area contributed by atoms with Crippen LogP contribution in [0.25, 0.3) is 0 Å². The number of carbonyl (C=O) groups is 1. The molecule has 1 aromatic carbocycles. The number of benzene rings is 1. The summed E-state index contributed by atoms with van der Waals surface area (Å²) in [6.07, 6.45) is 4.69. The molecule has 2 rings (SSSR count). The van der Waals surface area contributed by atoms with Gasteiger partial charge in [-0.3, -0.25) is 4.79 Å². The number of hydrogen-bond acceptors (Lipinski definition) is 3. The van der Waals surface area contributed by atoms with Crippen LogP contribution in [0.2, 0.25) is 0 Å². The molecule has 1 saturated heterocycles. The van der Waals surface area contributed by atoms with Crippen LogP contribution in [0.15, 0.2) is 30.3 Å². The van der Waals surface area contributed by atoms with Gasteiger partial charge in [0.05, 0.1) is 6.61 Å². The van der Waals surface area contributed by atoms with Crippen LogP contribution in [0.4, 0.5) is 0 Å². The van der Waals surface area contributed by atoms with Crippen LogP contribution < -0.4 is 5.32 Å². The Balaban J connectivity index is 1.57. The van der Waals surface area contributed by atoms with Crippen LogP contribution in [0, 0.1) is 5.92 Å². The molecule has 0 spiro atoms. The third kappa shape index (κ3) is 5.43. The molecule has 3 nitrogen and oxygen atoms in total. The summed E-state index contributed by atoms with van der Waals surface area (Å²) in [6, 6.07) is 10.1. The van der Waals surface area contributed by atoms with Gasteiger partial charge in [-0.2, -0.15) is 0 Å². The Morgan fingerprint density at radius 2 is 1.95 bits per heavy atom. The first-order valence-corrected chi connectivity index (χ1v) is 7.25. The van der Waals surface area contributed by atoms with Crippen LogP contribution in [0.3, 0.4) is 0 Å². The van der Waals surface area contributed by atoms with Gasteiger partial charge in [0.1, 0.15) is 0 Å². The second-order valence-corrected chi connectivity index (χ2v) is 5.19. The highest BCUT2D eigenvalue weighted by molar-refractivity contribution is 5.69. The summed E-state index contributed by atoms with van der Waals surface area (Å²) >= 11 is 0. The third-order valence-electron chi connectivity index (χ3n) is 3.71. The summed E-state index contributed by atoms with van der Waals surface area (Å²) in [6.45, 7) is 2.79. The zero-order valence-corrected chi connectivity index (χ0v) is 11.4. The third-order valence-corrected chi connectivity index (χ3v) is 3.71. The average molecular weight is 261 g/mol. The normalized spacial score (nSPS) is 16.2. The molecule has 0 amide bonds. The number of rotatable bonds is 6. The quantitative estimate of drug-likeness (QED) is 0.800. The lowest BCUT2D eigenvalue weighted by Crippen LogP contribution is -2.28. The van der Waals surface area contributed by atoms with Crippen molar-refractivity contribution in [2.45, 2.75) is 32.1 Å². The average Bonchev–Trinajstić information content (AvgIpc) is 2.47. The van der Waals surface area contributed by atoms with E-state index in [1.807, 2.05) is 30.3 Å². The van der Waals surface area contributed by atoms with Gasteiger partial charge in [0.25, 0.3) is 0 Å². The number of hydrogen-bond donors (Lipinski definition) is 1. The van der Waals surface area contributed by atoms with Gasteiger partial charge in [-0.25, -0.2) is 0 Å². The first kappa shape index (κ1) is 14.1. The molecule has 1 N–H and O–H groups in total. The van der Waals surface area contributed by atoms with Gasteiger partial charge in [0, 0.05) is 6.42 Å². The van der Waals surface area contributed by atoms with Crippen molar-refractivity contribution in [2.24, 2.45) is 5.92 Å². The van der Waals surface area contributed by atoms with Crippen molar-refractivity contribution >= 4 is 5.97 Å². The Morgan fingerprint density at radius 3 is 2.68 bits per heavy atom. The largest absolute Gasteiger partial charge is 0.466 e. The Kier molecular flexibility index (Phi) is 5.89. The van der Waals surface area contributed by atoms with Crippen molar-refractivity contribution in [1.82, 2.24) is 5.32 Å². The summed E-state index contributed by atoms with van der Waals surface area (Å²) in [7, 11) is 0. The summed E-state index contributed by atoms with van der Waals surface area (Å²) in [5.41, 5.74) is 1.19. The molecule has 3 heteroatoms. The van der Waals surface area contributed by atoms with E-state index in [4.69, 9.17) is 4.74 Å². The molecule has 1 fully saturated rings. The van der Waals surface area contributed by atoms with Gasteiger partial charge in [-0.1, -0.05) is 30.3 Å². The first-order valence-electron chi connectivity index (χ1n) is 7.25. The summed E-state index contributed by atoms with van der Waals surface area (Å²) < 4.78 is 5.31. The van der Waals surface area contributed by atoms with Crippen molar-refractivity contribution in [3.63, 3.8) is 0 Å². The fourth-order valence-corrected chi connectivity index (χ4v) is 2.47. The van der Waals surface area contributed by atoms with E-state index in [0.29, 0.717) is 13.0 Å². The summed E-state index contributed by atoms with van der Waals surface area (Å²) in [5, 5.41) is 3.34. The molecule has 1 aliphatic heterocycles. The van der Waals surface area contributed by atoms with E-state index in [-0.39, 0.29) is 5.97 Å². The lowest BCUT2D eigenvalue weighted by atomic mass is 9.95. The monoisotopic (exact) mass is 261 g/mol. The fourth-order valence-electron chi connectivity index (χ4n) is 2.47. The van der Waals surface area contributed by atoms with Gasteiger partial charge in [0.2, 0.25) is 0 Å². The fraction of sp³-hybridized carbons (Fsp3) is 0.562. The second-order valence-electron chi connectivity index (χ2n) is 5.19. The molecule has 0 saturated carbocycles. The number of nitrogens with one attached hydrogen (secondary N) is 1. The molecule has 1 aliphatic rings. The smallest absolute Gasteiger partial charge is 0.306 e. The zero-order chi connectivity index (χ0) is 13.3. The highest BCUT2D eigenvalue weighted by Gasteiger charge is 2.13. The molecule has 104 valence electrons. The van der Waals surface area contributed by atoms with Crippen molar-refractivity contribution in [3.8, 4) is 0 Å². The molecule has 19 heavy (non-hydrogen) atoms. The molecule has 0 bridgehead atoms. The molecule has 0 aliphatic carbocycles. The lowest BCUT2D eigenvalue weighted by Gasteiger charge is -2.22. The number of piperidine rings is 1. The van der Waals surface area contributed by atoms with E-state index < -0.39 is 0 Å². The SMILES string of the molecule is O=C(CCc1ccccc1)OCCC1CCNCC1. The minimum atomic E-state index is -0.0715. The van der Waals surface area contributed by atoms with Crippen LogP contribution in [0.1, 0.15) is 31.2 Å². The number of carbonyl (C=O) groups excluding carboxylic acids is 1. The minimum Gasteiger partial charge on any atom is -0.466 e. The Bertz CT molecular complexity index is 372. The Labute approximate surface area is 115 Å². The van der Waals surface area contributed by atoms with Crippen molar-refractivity contribution in [2.75, 3.05) is 19.7 Å². The van der Waals surface area contributed by atoms with Gasteiger partial charge in [0.15, 0.2) is 0 Å². The molecule has 1 aromatic rings. The maximum atomic E-state index is 11.6. The standard InChI is InChI=1S/C16H23NO2/c18-16(7-6-14-4-2-1-3-5-14)19-13-10-15-8-11-17-12-9-15/h1-5,15,17H,6-13H2. The topological polar surface area (TPSA) is 38.3 Å².